The number of ether oxygens (including phenoxy) is 1. The maximum atomic E-state index is 13.9. The van der Waals surface area contributed by atoms with Crippen molar-refractivity contribution in [2.75, 3.05) is 7.11 Å². The Morgan fingerprint density at radius 3 is 2.19 bits per heavy atom. The molecule has 0 N–H and O–H groups in total. The van der Waals surface area contributed by atoms with Crippen molar-refractivity contribution >= 4 is 18.6 Å². The summed E-state index contributed by atoms with van der Waals surface area (Å²) in [5, 5.41) is 0. The highest BCUT2D eigenvalue weighted by Gasteiger charge is 2.52. The van der Waals surface area contributed by atoms with Crippen molar-refractivity contribution in [2.45, 2.75) is 45.8 Å². The van der Waals surface area contributed by atoms with Crippen LogP contribution in [-0.4, -0.2) is 31.4 Å². The standard InChI is InChI=1S/C15H20BFO4/c1-9-7-12(17)10(13(18)19-6)8-11(9)16-20-14(2,3)15(4,5)21-16/h7-8H,1-6H3. The average molecular weight is 294 g/mol. The molecule has 0 unspecified atom stereocenters. The summed E-state index contributed by atoms with van der Waals surface area (Å²) in [5.74, 6) is -1.33. The molecule has 0 saturated carbocycles. The maximum absolute atomic E-state index is 13.9. The summed E-state index contributed by atoms with van der Waals surface area (Å²) in [6.45, 7) is 9.50. The Bertz CT molecular complexity index is 567. The zero-order valence-electron chi connectivity index (χ0n) is 13.2. The van der Waals surface area contributed by atoms with Gasteiger partial charge in [0.05, 0.1) is 23.9 Å². The molecular weight excluding hydrogens is 274 g/mol. The van der Waals surface area contributed by atoms with Crippen molar-refractivity contribution in [2.24, 2.45) is 0 Å². The quantitative estimate of drug-likeness (QED) is 0.620. The number of esters is 1. The second-order valence-electron chi connectivity index (χ2n) is 6.27. The molecule has 114 valence electrons. The van der Waals surface area contributed by atoms with Gasteiger partial charge in [0, 0.05) is 0 Å². The van der Waals surface area contributed by atoms with Crippen LogP contribution in [0.4, 0.5) is 4.39 Å². The van der Waals surface area contributed by atoms with Gasteiger partial charge in [0.2, 0.25) is 0 Å². The van der Waals surface area contributed by atoms with E-state index in [2.05, 4.69) is 4.74 Å². The van der Waals surface area contributed by atoms with Crippen LogP contribution in [0.25, 0.3) is 0 Å². The normalized spacial score (nSPS) is 19.7. The molecule has 1 aliphatic rings. The Balaban J connectivity index is 2.44. The number of rotatable bonds is 2. The third-order valence-corrected chi connectivity index (χ3v) is 4.27. The number of carbonyl (C=O) groups is 1. The molecule has 0 spiro atoms. The van der Waals surface area contributed by atoms with Crippen LogP contribution < -0.4 is 5.46 Å². The molecule has 6 heteroatoms. The topological polar surface area (TPSA) is 44.8 Å². The van der Waals surface area contributed by atoms with Gasteiger partial charge in [-0.25, -0.2) is 9.18 Å². The molecule has 1 fully saturated rings. The fourth-order valence-electron chi connectivity index (χ4n) is 2.18. The summed E-state index contributed by atoms with van der Waals surface area (Å²) in [7, 11) is 0.579. The van der Waals surface area contributed by atoms with E-state index in [0.29, 0.717) is 11.0 Å². The SMILES string of the molecule is COC(=O)c1cc(B2OC(C)(C)C(C)(C)O2)c(C)cc1F. The van der Waals surface area contributed by atoms with Crippen molar-refractivity contribution in [1.82, 2.24) is 0 Å². The second kappa shape index (κ2) is 5.11. The van der Waals surface area contributed by atoms with Gasteiger partial charge >= 0.3 is 13.1 Å². The van der Waals surface area contributed by atoms with E-state index in [9.17, 15) is 9.18 Å². The van der Waals surface area contributed by atoms with Crippen LogP contribution in [0.2, 0.25) is 0 Å². The molecule has 1 aliphatic heterocycles. The zero-order valence-corrected chi connectivity index (χ0v) is 13.2. The number of hydrogen-bond acceptors (Lipinski definition) is 4. The molecule has 0 amide bonds. The lowest BCUT2D eigenvalue weighted by Gasteiger charge is -2.32. The van der Waals surface area contributed by atoms with Gasteiger partial charge in [-0.05, 0) is 57.8 Å². The predicted molar refractivity (Wildman–Crippen MR) is 78.2 cm³/mol. The van der Waals surface area contributed by atoms with Crippen molar-refractivity contribution in [3.63, 3.8) is 0 Å². The third kappa shape index (κ3) is 2.70. The number of aryl methyl sites for hydroxylation is 1. The van der Waals surface area contributed by atoms with Gasteiger partial charge < -0.3 is 14.0 Å². The second-order valence-corrected chi connectivity index (χ2v) is 6.27. The molecule has 0 radical (unpaired) electrons. The van der Waals surface area contributed by atoms with E-state index in [1.165, 1.54) is 19.2 Å². The van der Waals surface area contributed by atoms with Crippen LogP contribution in [0, 0.1) is 12.7 Å². The van der Waals surface area contributed by atoms with Crippen molar-refractivity contribution < 1.29 is 23.2 Å². The molecule has 1 aromatic rings. The van der Waals surface area contributed by atoms with Gasteiger partial charge in [-0.15, -0.1) is 0 Å². The Kier molecular flexibility index (Phi) is 3.89. The van der Waals surface area contributed by atoms with Crippen LogP contribution in [0.1, 0.15) is 43.6 Å². The lowest BCUT2D eigenvalue weighted by molar-refractivity contribution is 0.00578. The minimum Gasteiger partial charge on any atom is -0.465 e. The number of methoxy groups -OCH3 is 1. The van der Waals surface area contributed by atoms with Gasteiger partial charge in [0.25, 0.3) is 0 Å². The molecule has 1 heterocycles. The van der Waals surface area contributed by atoms with Crippen LogP contribution in [0.15, 0.2) is 12.1 Å². The Hall–Kier alpha value is -1.40. The van der Waals surface area contributed by atoms with Crippen LogP contribution in [0.5, 0.6) is 0 Å². The molecule has 1 aromatic carbocycles. The lowest BCUT2D eigenvalue weighted by atomic mass is 9.75. The Morgan fingerprint density at radius 2 is 1.71 bits per heavy atom. The molecule has 21 heavy (non-hydrogen) atoms. The van der Waals surface area contributed by atoms with Gasteiger partial charge in [-0.3, -0.25) is 0 Å². The van der Waals surface area contributed by atoms with E-state index in [4.69, 9.17) is 9.31 Å². The number of carbonyl (C=O) groups excluding carboxylic acids is 1. The summed E-state index contributed by atoms with van der Waals surface area (Å²) in [4.78, 5) is 11.6. The Morgan fingerprint density at radius 1 is 1.19 bits per heavy atom. The van der Waals surface area contributed by atoms with Gasteiger partial charge in [0.1, 0.15) is 5.82 Å². The summed E-state index contributed by atoms with van der Waals surface area (Å²) < 4.78 is 30.4. The van der Waals surface area contributed by atoms with E-state index in [0.717, 1.165) is 0 Å². The number of hydrogen-bond donors (Lipinski definition) is 0. The minimum atomic E-state index is -0.717. The fraction of sp³-hybridized carbons (Fsp3) is 0.533. The third-order valence-electron chi connectivity index (χ3n) is 4.27. The van der Waals surface area contributed by atoms with Crippen LogP contribution in [-0.2, 0) is 14.0 Å². The average Bonchev–Trinajstić information content (AvgIpc) is 2.57. The monoisotopic (exact) mass is 294 g/mol. The predicted octanol–water partition coefficient (Wildman–Crippen LogP) is 2.22. The van der Waals surface area contributed by atoms with Crippen LogP contribution in [0.3, 0.4) is 0 Å². The lowest BCUT2D eigenvalue weighted by Crippen LogP contribution is -2.41. The van der Waals surface area contributed by atoms with Gasteiger partial charge in [0.15, 0.2) is 0 Å². The minimum absolute atomic E-state index is 0.118. The smallest absolute Gasteiger partial charge is 0.465 e. The highest BCUT2D eigenvalue weighted by molar-refractivity contribution is 6.62. The molecule has 2 rings (SSSR count). The first-order chi connectivity index (χ1) is 9.59. The molecular formula is C15H20BFO4. The van der Waals surface area contributed by atoms with Crippen molar-refractivity contribution in [3.8, 4) is 0 Å². The van der Waals surface area contributed by atoms with Crippen molar-refractivity contribution in [3.05, 3.63) is 29.1 Å². The molecule has 0 bridgehead atoms. The van der Waals surface area contributed by atoms with Crippen molar-refractivity contribution in [1.29, 1.82) is 0 Å². The van der Waals surface area contributed by atoms with E-state index >= 15 is 0 Å². The summed E-state index contributed by atoms with van der Waals surface area (Å²) in [6, 6.07) is 2.74. The fourth-order valence-corrected chi connectivity index (χ4v) is 2.18. The highest BCUT2D eigenvalue weighted by Crippen LogP contribution is 2.36. The van der Waals surface area contributed by atoms with E-state index in [-0.39, 0.29) is 5.56 Å². The first-order valence-corrected chi connectivity index (χ1v) is 6.83. The molecule has 1 saturated heterocycles. The summed E-state index contributed by atoms with van der Waals surface area (Å²) >= 11 is 0. The van der Waals surface area contributed by atoms with E-state index in [1.807, 2.05) is 27.7 Å². The zero-order chi connectivity index (χ0) is 16.0. The number of benzene rings is 1. The number of halogens is 1. The highest BCUT2D eigenvalue weighted by atomic mass is 19.1. The first kappa shape index (κ1) is 16.0. The largest absolute Gasteiger partial charge is 0.495 e. The molecule has 0 atom stereocenters. The molecule has 0 aromatic heterocycles. The molecule has 0 aliphatic carbocycles. The maximum Gasteiger partial charge on any atom is 0.495 e. The van der Waals surface area contributed by atoms with Gasteiger partial charge in [-0.1, -0.05) is 0 Å². The van der Waals surface area contributed by atoms with E-state index in [1.54, 1.807) is 6.92 Å². The van der Waals surface area contributed by atoms with Gasteiger partial charge in [-0.2, -0.15) is 0 Å². The van der Waals surface area contributed by atoms with Crippen LogP contribution >= 0.6 is 0 Å². The summed E-state index contributed by atoms with van der Waals surface area (Å²) in [5.41, 5.74) is 0.190. The van der Waals surface area contributed by atoms with E-state index < -0.39 is 30.1 Å². The first-order valence-electron chi connectivity index (χ1n) is 6.83. The summed E-state index contributed by atoms with van der Waals surface area (Å²) in [6.07, 6.45) is 0. The molecule has 4 nitrogen and oxygen atoms in total. The Labute approximate surface area is 124 Å².